The summed E-state index contributed by atoms with van der Waals surface area (Å²) in [6.07, 6.45) is 8.15. The van der Waals surface area contributed by atoms with E-state index in [-0.39, 0.29) is 18.7 Å². The lowest BCUT2D eigenvalue weighted by Crippen LogP contribution is -2.53. The molecule has 0 bridgehead atoms. The predicted octanol–water partition coefficient (Wildman–Crippen LogP) is 3.33. The van der Waals surface area contributed by atoms with E-state index in [0.29, 0.717) is 5.41 Å². The van der Waals surface area contributed by atoms with Gasteiger partial charge in [0.15, 0.2) is 0 Å². The summed E-state index contributed by atoms with van der Waals surface area (Å²) in [5, 5.41) is 9.67. The second-order valence-corrected chi connectivity index (χ2v) is 7.52. The first-order chi connectivity index (χ1) is 9.35. The lowest BCUT2D eigenvalue weighted by atomic mass is 9.66. The number of likely N-dealkylation sites (tertiary alicyclic amines) is 1. The lowest BCUT2D eigenvalue weighted by Gasteiger charge is -2.48. The van der Waals surface area contributed by atoms with E-state index in [1.807, 2.05) is 20.8 Å². The van der Waals surface area contributed by atoms with Gasteiger partial charge in [0, 0.05) is 6.54 Å². The maximum Gasteiger partial charge on any atom is 0.410 e. The number of rotatable bonds is 1. The Hall–Kier alpha value is -0.770. The van der Waals surface area contributed by atoms with Crippen molar-refractivity contribution in [2.24, 2.45) is 5.41 Å². The van der Waals surface area contributed by atoms with E-state index >= 15 is 0 Å². The zero-order chi connectivity index (χ0) is 14.8. The molecule has 2 rings (SSSR count). The van der Waals surface area contributed by atoms with Crippen molar-refractivity contribution in [2.45, 2.75) is 77.4 Å². The fourth-order valence-corrected chi connectivity index (χ4v) is 3.73. The molecule has 1 saturated carbocycles. The molecule has 0 aromatic carbocycles. The van der Waals surface area contributed by atoms with Crippen LogP contribution >= 0.6 is 0 Å². The molecule has 1 amide bonds. The number of piperidine rings is 1. The Morgan fingerprint density at radius 3 is 2.45 bits per heavy atom. The molecular formula is C16H29NO3. The van der Waals surface area contributed by atoms with Crippen LogP contribution in [0.15, 0.2) is 0 Å². The number of nitrogens with zero attached hydrogens (tertiary/aromatic N) is 1. The van der Waals surface area contributed by atoms with Gasteiger partial charge in [0.05, 0.1) is 12.6 Å². The van der Waals surface area contributed by atoms with Crippen molar-refractivity contribution >= 4 is 6.09 Å². The molecule has 0 aromatic heterocycles. The van der Waals surface area contributed by atoms with Gasteiger partial charge < -0.3 is 14.7 Å². The van der Waals surface area contributed by atoms with Gasteiger partial charge in [-0.15, -0.1) is 0 Å². The summed E-state index contributed by atoms with van der Waals surface area (Å²) < 4.78 is 5.46. The van der Waals surface area contributed by atoms with Gasteiger partial charge in [0.2, 0.25) is 0 Å². The number of ether oxygens (including phenoxy) is 1. The molecule has 116 valence electrons. The topological polar surface area (TPSA) is 49.8 Å². The highest BCUT2D eigenvalue weighted by Gasteiger charge is 2.42. The molecule has 1 unspecified atom stereocenters. The van der Waals surface area contributed by atoms with Crippen molar-refractivity contribution in [1.29, 1.82) is 0 Å². The van der Waals surface area contributed by atoms with Crippen molar-refractivity contribution in [2.75, 3.05) is 13.2 Å². The van der Waals surface area contributed by atoms with Crippen LogP contribution in [0.5, 0.6) is 0 Å². The Morgan fingerprint density at radius 1 is 1.25 bits per heavy atom. The van der Waals surface area contributed by atoms with E-state index in [4.69, 9.17) is 4.74 Å². The summed E-state index contributed by atoms with van der Waals surface area (Å²) in [6.45, 7) is 6.41. The molecule has 1 aliphatic heterocycles. The minimum Gasteiger partial charge on any atom is -0.444 e. The first-order valence-electron chi connectivity index (χ1n) is 7.96. The molecule has 1 atom stereocenters. The maximum atomic E-state index is 12.2. The van der Waals surface area contributed by atoms with Crippen LogP contribution < -0.4 is 0 Å². The Labute approximate surface area is 122 Å². The molecule has 0 radical (unpaired) electrons. The van der Waals surface area contributed by atoms with Crippen LogP contribution in [0.25, 0.3) is 0 Å². The number of hydrogen-bond acceptors (Lipinski definition) is 3. The molecule has 4 nitrogen and oxygen atoms in total. The number of carbonyl (C=O) groups is 1. The normalized spacial score (nSPS) is 26.6. The summed E-state index contributed by atoms with van der Waals surface area (Å²) in [6, 6.07) is -0.0725. The lowest BCUT2D eigenvalue weighted by molar-refractivity contribution is -0.0279. The number of hydrogen-bond donors (Lipinski definition) is 1. The van der Waals surface area contributed by atoms with Crippen molar-refractivity contribution in [1.82, 2.24) is 4.90 Å². The van der Waals surface area contributed by atoms with E-state index in [9.17, 15) is 9.90 Å². The summed E-state index contributed by atoms with van der Waals surface area (Å²) in [5.41, 5.74) is -0.110. The van der Waals surface area contributed by atoms with Crippen LogP contribution in [0.3, 0.4) is 0 Å². The number of amides is 1. The van der Waals surface area contributed by atoms with Gasteiger partial charge in [-0.05, 0) is 51.9 Å². The molecule has 1 aliphatic carbocycles. The molecule has 20 heavy (non-hydrogen) atoms. The van der Waals surface area contributed by atoms with Crippen LogP contribution in [0.4, 0.5) is 4.79 Å². The fraction of sp³-hybridized carbons (Fsp3) is 0.938. The summed E-state index contributed by atoms with van der Waals surface area (Å²) in [4.78, 5) is 14.0. The Kier molecular flexibility index (Phi) is 4.62. The monoisotopic (exact) mass is 283 g/mol. The maximum absolute atomic E-state index is 12.2. The van der Waals surface area contributed by atoms with Crippen LogP contribution in [0.2, 0.25) is 0 Å². The molecule has 1 saturated heterocycles. The molecule has 1 N–H and O–H groups in total. The number of carbonyl (C=O) groups excluding carboxylic acids is 1. The van der Waals surface area contributed by atoms with Gasteiger partial charge in [-0.25, -0.2) is 4.79 Å². The Balaban J connectivity index is 2.01. The molecule has 2 aliphatic rings. The molecule has 0 aromatic rings. The Bertz CT molecular complexity index is 342. The molecule has 1 spiro atoms. The summed E-state index contributed by atoms with van der Waals surface area (Å²) in [7, 11) is 0. The average molecular weight is 283 g/mol. The first-order valence-corrected chi connectivity index (χ1v) is 7.96. The van der Waals surface area contributed by atoms with Crippen LogP contribution in [-0.2, 0) is 4.74 Å². The minimum atomic E-state index is -0.475. The van der Waals surface area contributed by atoms with Gasteiger partial charge in [-0.1, -0.05) is 19.3 Å². The largest absolute Gasteiger partial charge is 0.444 e. The zero-order valence-corrected chi connectivity index (χ0v) is 13.2. The Morgan fingerprint density at radius 2 is 1.90 bits per heavy atom. The second-order valence-electron chi connectivity index (χ2n) is 7.52. The SMILES string of the molecule is CC(C)(C)OC(=O)N1CCC2(CCCCC2)CC1CO. The van der Waals surface area contributed by atoms with Crippen molar-refractivity contribution in [3.8, 4) is 0 Å². The van der Waals surface area contributed by atoms with Crippen LogP contribution in [0.1, 0.15) is 65.7 Å². The second kappa shape index (κ2) is 5.92. The van der Waals surface area contributed by atoms with Crippen LogP contribution in [-0.4, -0.2) is 40.9 Å². The van der Waals surface area contributed by atoms with Gasteiger partial charge >= 0.3 is 6.09 Å². The third-order valence-corrected chi connectivity index (χ3v) is 4.75. The molecular weight excluding hydrogens is 254 g/mol. The van der Waals surface area contributed by atoms with E-state index in [1.165, 1.54) is 32.1 Å². The van der Waals surface area contributed by atoms with Crippen molar-refractivity contribution < 1.29 is 14.6 Å². The van der Waals surface area contributed by atoms with E-state index in [2.05, 4.69) is 0 Å². The van der Waals surface area contributed by atoms with Gasteiger partial charge in [-0.2, -0.15) is 0 Å². The van der Waals surface area contributed by atoms with Crippen molar-refractivity contribution in [3.63, 3.8) is 0 Å². The van der Waals surface area contributed by atoms with E-state index in [1.54, 1.807) is 4.90 Å². The van der Waals surface area contributed by atoms with Gasteiger partial charge in [-0.3, -0.25) is 0 Å². The van der Waals surface area contributed by atoms with Gasteiger partial charge in [0.1, 0.15) is 5.60 Å². The fourth-order valence-electron chi connectivity index (χ4n) is 3.73. The third-order valence-electron chi connectivity index (χ3n) is 4.75. The van der Waals surface area contributed by atoms with E-state index < -0.39 is 5.60 Å². The predicted molar refractivity (Wildman–Crippen MR) is 78.6 cm³/mol. The highest BCUT2D eigenvalue weighted by molar-refractivity contribution is 5.68. The molecule has 1 heterocycles. The molecule has 4 heteroatoms. The number of aliphatic hydroxyl groups is 1. The van der Waals surface area contributed by atoms with Crippen molar-refractivity contribution in [3.05, 3.63) is 0 Å². The van der Waals surface area contributed by atoms with Crippen LogP contribution in [0, 0.1) is 5.41 Å². The first kappa shape index (κ1) is 15.6. The third kappa shape index (κ3) is 3.66. The number of aliphatic hydroxyl groups excluding tert-OH is 1. The standard InChI is InChI=1S/C16H29NO3/c1-15(2,3)20-14(19)17-10-9-16(11-13(17)12-18)7-5-4-6-8-16/h13,18H,4-12H2,1-3H3. The van der Waals surface area contributed by atoms with Gasteiger partial charge in [0.25, 0.3) is 0 Å². The highest BCUT2D eigenvalue weighted by atomic mass is 16.6. The highest BCUT2D eigenvalue weighted by Crippen LogP contribution is 2.46. The minimum absolute atomic E-state index is 0.0427. The molecule has 2 fully saturated rings. The smallest absolute Gasteiger partial charge is 0.410 e. The zero-order valence-electron chi connectivity index (χ0n) is 13.2. The summed E-state index contributed by atoms with van der Waals surface area (Å²) in [5.74, 6) is 0. The van der Waals surface area contributed by atoms with E-state index in [0.717, 1.165) is 19.4 Å². The quantitative estimate of drug-likeness (QED) is 0.803. The average Bonchev–Trinajstić information content (AvgIpc) is 2.37. The summed E-state index contributed by atoms with van der Waals surface area (Å²) >= 11 is 0.